The zero-order valence-electron chi connectivity index (χ0n) is 15.5. The van der Waals surface area contributed by atoms with Crippen molar-refractivity contribution in [1.29, 1.82) is 0 Å². The van der Waals surface area contributed by atoms with E-state index in [1.807, 2.05) is 18.2 Å². The van der Waals surface area contributed by atoms with Gasteiger partial charge in [0, 0.05) is 22.2 Å². The van der Waals surface area contributed by atoms with Crippen LogP contribution in [0.2, 0.25) is 0 Å². The van der Waals surface area contributed by atoms with Gasteiger partial charge in [0.25, 0.3) is 0 Å². The number of amides is 1. The molecular formula is C21H24N2O3S. The number of rotatable bonds is 8. The molecule has 3 aromatic rings. The summed E-state index contributed by atoms with van der Waals surface area (Å²) in [6.07, 6.45) is 1.17. The molecule has 1 unspecified atom stereocenters. The van der Waals surface area contributed by atoms with E-state index in [9.17, 15) is 4.79 Å². The summed E-state index contributed by atoms with van der Waals surface area (Å²) in [6, 6.07) is 16.8. The van der Waals surface area contributed by atoms with E-state index in [-0.39, 0.29) is 12.5 Å². The van der Waals surface area contributed by atoms with Crippen LogP contribution in [0.4, 0.5) is 0 Å². The van der Waals surface area contributed by atoms with Crippen molar-refractivity contribution in [3.05, 3.63) is 64.5 Å². The van der Waals surface area contributed by atoms with E-state index in [4.69, 9.17) is 9.94 Å². The molecule has 0 bridgehead atoms. The van der Waals surface area contributed by atoms with E-state index in [0.717, 1.165) is 33.7 Å². The summed E-state index contributed by atoms with van der Waals surface area (Å²) in [7, 11) is 1.67. The molecule has 0 saturated carbocycles. The maximum atomic E-state index is 11.4. The molecular weight excluding hydrogens is 360 g/mol. The summed E-state index contributed by atoms with van der Waals surface area (Å²) in [5.74, 6) is 0.467. The maximum Gasteiger partial charge on any atom is 0.248 e. The molecule has 0 aliphatic carbocycles. The number of nitrogens with one attached hydrogen (secondary N) is 2. The van der Waals surface area contributed by atoms with Crippen LogP contribution in [0.1, 0.15) is 35.4 Å². The number of hydrogen-bond acceptors (Lipinski definition) is 5. The van der Waals surface area contributed by atoms with Gasteiger partial charge < -0.3 is 10.1 Å². The van der Waals surface area contributed by atoms with Crippen molar-refractivity contribution in [2.24, 2.45) is 0 Å². The quantitative estimate of drug-likeness (QED) is 0.402. The molecule has 6 heteroatoms. The van der Waals surface area contributed by atoms with Crippen LogP contribution < -0.4 is 15.5 Å². The number of carbonyl (C=O) groups excluding carboxylic acids is 1. The highest BCUT2D eigenvalue weighted by atomic mass is 32.1. The number of hydrogen-bond donors (Lipinski definition) is 3. The second kappa shape index (κ2) is 8.99. The van der Waals surface area contributed by atoms with Gasteiger partial charge in [0.1, 0.15) is 5.75 Å². The van der Waals surface area contributed by atoms with Gasteiger partial charge in [-0.25, -0.2) is 5.48 Å². The lowest BCUT2D eigenvalue weighted by Crippen LogP contribution is -2.20. The van der Waals surface area contributed by atoms with E-state index in [1.54, 1.807) is 23.9 Å². The number of carbonyl (C=O) groups is 1. The fraction of sp³-hybridized carbons (Fsp3) is 0.286. The molecule has 5 nitrogen and oxygen atoms in total. The molecule has 1 amide bonds. The molecule has 2 aromatic carbocycles. The first-order valence-corrected chi connectivity index (χ1v) is 9.76. The SMILES string of the molecule is CCC(NCc1ccc(OC)cc1)c1ccc2cc(CC(=O)NO)sc2c1. The Morgan fingerprint density at radius 1 is 1.19 bits per heavy atom. The first-order chi connectivity index (χ1) is 13.1. The van der Waals surface area contributed by atoms with E-state index < -0.39 is 5.91 Å². The number of hydroxylamine groups is 1. The Balaban J connectivity index is 1.71. The average Bonchev–Trinajstić information content (AvgIpc) is 3.10. The molecule has 0 aliphatic rings. The molecule has 142 valence electrons. The maximum absolute atomic E-state index is 11.4. The number of benzene rings is 2. The van der Waals surface area contributed by atoms with Crippen LogP contribution in [0, 0.1) is 0 Å². The largest absolute Gasteiger partial charge is 0.497 e. The van der Waals surface area contributed by atoms with Crippen LogP contribution in [-0.4, -0.2) is 18.2 Å². The molecule has 0 radical (unpaired) electrons. The topological polar surface area (TPSA) is 70.6 Å². The lowest BCUT2D eigenvalue weighted by Gasteiger charge is -2.18. The fourth-order valence-corrected chi connectivity index (χ4v) is 4.20. The highest BCUT2D eigenvalue weighted by Gasteiger charge is 2.12. The normalized spacial score (nSPS) is 12.1. The molecule has 1 heterocycles. The summed E-state index contributed by atoms with van der Waals surface area (Å²) in [4.78, 5) is 12.3. The Morgan fingerprint density at radius 2 is 1.96 bits per heavy atom. The summed E-state index contributed by atoms with van der Waals surface area (Å²) in [5, 5.41) is 13.4. The molecule has 0 spiro atoms. The van der Waals surface area contributed by atoms with Crippen molar-refractivity contribution in [3.63, 3.8) is 0 Å². The first kappa shape index (κ1) is 19.4. The minimum Gasteiger partial charge on any atom is -0.497 e. The van der Waals surface area contributed by atoms with Gasteiger partial charge in [-0.1, -0.05) is 31.2 Å². The van der Waals surface area contributed by atoms with Crippen LogP contribution in [0.3, 0.4) is 0 Å². The van der Waals surface area contributed by atoms with Crippen molar-refractivity contribution in [1.82, 2.24) is 10.8 Å². The van der Waals surface area contributed by atoms with Crippen LogP contribution in [0.15, 0.2) is 48.5 Å². The third kappa shape index (κ3) is 4.86. The number of ether oxygens (including phenoxy) is 1. The fourth-order valence-electron chi connectivity index (χ4n) is 3.09. The van der Waals surface area contributed by atoms with Crippen molar-refractivity contribution in [2.45, 2.75) is 32.4 Å². The van der Waals surface area contributed by atoms with Gasteiger partial charge >= 0.3 is 0 Å². The zero-order chi connectivity index (χ0) is 19.2. The van der Waals surface area contributed by atoms with Crippen molar-refractivity contribution >= 4 is 27.3 Å². The smallest absolute Gasteiger partial charge is 0.248 e. The highest BCUT2D eigenvalue weighted by molar-refractivity contribution is 7.19. The lowest BCUT2D eigenvalue weighted by atomic mass is 10.0. The number of fused-ring (bicyclic) bond motifs is 1. The number of methoxy groups -OCH3 is 1. The summed E-state index contributed by atoms with van der Waals surface area (Å²) >= 11 is 1.59. The van der Waals surface area contributed by atoms with Gasteiger partial charge in [-0.2, -0.15) is 0 Å². The van der Waals surface area contributed by atoms with Gasteiger partial charge in [-0.3, -0.25) is 10.0 Å². The van der Waals surface area contributed by atoms with Crippen molar-refractivity contribution < 1.29 is 14.7 Å². The van der Waals surface area contributed by atoms with Gasteiger partial charge in [0.15, 0.2) is 0 Å². The van der Waals surface area contributed by atoms with Crippen LogP contribution in [-0.2, 0) is 17.8 Å². The predicted molar refractivity (Wildman–Crippen MR) is 108 cm³/mol. The van der Waals surface area contributed by atoms with Crippen LogP contribution in [0.5, 0.6) is 5.75 Å². The molecule has 3 N–H and O–H groups in total. The Kier molecular flexibility index (Phi) is 6.45. The van der Waals surface area contributed by atoms with Crippen LogP contribution in [0.25, 0.3) is 10.1 Å². The van der Waals surface area contributed by atoms with Gasteiger partial charge in [-0.15, -0.1) is 11.3 Å². The zero-order valence-corrected chi connectivity index (χ0v) is 16.3. The molecule has 0 aliphatic heterocycles. The second-order valence-electron chi connectivity index (χ2n) is 6.41. The van der Waals surface area contributed by atoms with E-state index in [1.165, 1.54) is 11.1 Å². The third-order valence-electron chi connectivity index (χ3n) is 4.58. The standard InChI is InChI=1S/C21H24N2O3S/c1-3-19(22-13-14-4-8-17(26-2)9-5-14)15-6-7-16-10-18(12-21(24)23-25)27-20(16)11-15/h4-11,19,22,25H,3,12-13H2,1-2H3,(H,23,24). The molecule has 0 fully saturated rings. The summed E-state index contributed by atoms with van der Waals surface area (Å²) in [5.41, 5.74) is 4.13. The van der Waals surface area contributed by atoms with Crippen LogP contribution >= 0.6 is 11.3 Å². The lowest BCUT2D eigenvalue weighted by molar-refractivity contribution is -0.128. The number of thiophene rings is 1. The van der Waals surface area contributed by atoms with E-state index in [0.29, 0.717) is 0 Å². The minimum absolute atomic E-state index is 0.193. The van der Waals surface area contributed by atoms with E-state index >= 15 is 0 Å². The van der Waals surface area contributed by atoms with E-state index in [2.05, 4.69) is 42.6 Å². The second-order valence-corrected chi connectivity index (χ2v) is 7.58. The Hall–Kier alpha value is -2.41. The van der Waals surface area contributed by atoms with Gasteiger partial charge in [-0.05, 0) is 47.2 Å². The summed E-state index contributed by atoms with van der Waals surface area (Å²) < 4.78 is 6.35. The predicted octanol–water partition coefficient (Wildman–Crippen LogP) is 4.20. The molecule has 27 heavy (non-hydrogen) atoms. The van der Waals surface area contributed by atoms with Crippen molar-refractivity contribution in [3.8, 4) is 5.75 Å². The third-order valence-corrected chi connectivity index (χ3v) is 5.67. The average molecular weight is 385 g/mol. The van der Waals surface area contributed by atoms with Gasteiger partial charge in [0.05, 0.1) is 13.5 Å². The Labute approximate surface area is 162 Å². The molecule has 3 rings (SSSR count). The monoisotopic (exact) mass is 384 g/mol. The molecule has 1 atom stereocenters. The Bertz CT molecular complexity index is 905. The van der Waals surface area contributed by atoms with Crippen molar-refractivity contribution in [2.75, 3.05) is 7.11 Å². The Morgan fingerprint density at radius 3 is 2.63 bits per heavy atom. The summed E-state index contributed by atoms with van der Waals surface area (Å²) in [6.45, 7) is 2.95. The minimum atomic E-state index is -0.394. The molecule has 0 saturated heterocycles. The van der Waals surface area contributed by atoms with Gasteiger partial charge in [0.2, 0.25) is 5.91 Å². The molecule has 1 aromatic heterocycles. The first-order valence-electron chi connectivity index (χ1n) is 8.94. The highest BCUT2D eigenvalue weighted by Crippen LogP contribution is 2.30.